The SMILES string of the molecule is CCCCCCCC(=O)N[C@H](C(=O)N[C@H](C(=O)OC)[C@H](O)c1ccccc1)[C@@H](C)O. The lowest BCUT2D eigenvalue weighted by Gasteiger charge is -2.26. The number of unbranched alkanes of at least 4 members (excludes halogenated alkanes) is 4. The lowest BCUT2D eigenvalue weighted by Crippen LogP contribution is -2.57. The molecule has 0 unspecified atom stereocenters. The van der Waals surface area contributed by atoms with E-state index in [4.69, 9.17) is 4.74 Å². The Kier molecular flexibility index (Phi) is 11.7. The normalized spacial score (nSPS) is 14.8. The Bertz CT molecular complexity index is 665. The van der Waals surface area contributed by atoms with E-state index < -0.39 is 36.2 Å². The van der Waals surface area contributed by atoms with Gasteiger partial charge in [0.15, 0.2) is 6.04 Å². The van der Waals surface area contributed by atoms with E-state index in [1.54, 1.807) is 30.3 Å². The van der Waals surface area contributed by atoms with Crippen molar-refractivity contribution in [2.24, 2.45) is 0 Å². The van der Waals surface area contributed by atoms with E-state index in [1.807, 2.05) is 0 Å². The molecule has 0 bridgehead atoms. The molecule has 4 N–H and O–H groups in total. The van der Waals surface area contributed by atoms with Crippen LogP contribution in [0.4, 0.5) is 0 Å². The van der Waals surface area contributed by atoms with Crippen LogP contribution in [0, 0.1) is 0 Å². The molecule has 8 nitrogen and oxygen atoms in total. The third-order valence-electron chi connectivity index (χ3n) is 4.80. The predicted molar refractivity (Wildman–Crippen MR) is 112 cm³/mol. The monoisotopic (exact) mass is 422 g/mol. The average molecular weight is 423 g/mol. The quantitative estimate of drug-likeness (QED) is 0.283. The van der Waals surface area contributed by atoms with Gasteiger partial charge in [0.05, 0.1) is 13.2 Å². The maximum absolute atomic E-state index is 12.7. The van der Waals surface area contributed by atoms with E-state index >= 15 is 0 Å². The van der Waals surface area contributed by atoms with Gasteiger partial charge in [0.1, 0.15) is 12.1 Å². The molecule has 0 aliphatic heterocycles. The lowest BCUT2D eigenvalue weighted by molar-refractivity contribution is -0.149. The van der Waals surface area contributed by atoms with Gasteiger partial charge in [0, 0.05) is 6.42 Å². The van der Waals surface area contributed by atoms with Gasteiger partial charge >= 0.3 is 5.97 Å². The van der Waals surface area contributed by atoms with E-state index in [0.717, 1.165) is 32.8 Å². The molecule has 1 aromatic carbocycles. The number of hydrogen-bond donors (Lipinski definition) is 4. The van der Waals surface area contributed by atoms with Crippen LogP contribution in [0.3, 0.4) is 0 Å². The zero-order valence-corrected chi connectivity index (χ0v) is 18.0. The standard InChI is InChI=1S/C22H34N2O6/c1-4-5-6-7-11-14-17(26)23-18(15(2)25)21(28)24-19(22(29)30-3)20(27)16-12-9-8-10-13-16/h8-10,12-13,15,18-20,25,27H,4-7,11,14H2,1-3H3,(H,23,26)(H,24,28)/t15-,18+,19+,20-/m1/s1. The summed E-state index contributed by atoms with van der Waals surface area (Å²) in [5, 5.41) is 25.4. The van der Waals surface area contributed by atoms with Gasteiger partial charge < -0.3 is 25.6 Å². The number of carbonyl (C=O) groups excluding carboxylic acids is 3. The maximum atomic E-state index is 12.7. The molecule has 0 aliphatic carbocycles. The fourth-order valence-corrected chi connectivity index (χ4v) is 3.02. The fourth-order valence-electron chi connectivity index (χ4n) is 3.02. The zero-order valence-electron chi connectivity index (χ0n) is 18.0. The van der Waals surface area contributed by atoms with Crippen LogP contribution in [0.15, 0.2) is 30.3 Å². The topological polar surface area (TPSA) is 125 Å². The van der Waals surface area contributed by atoms with Crippen LogP contribution in [0.5, 0.6) is 0 Å². The van der Waals surface area contributed by atoms with Crippen LogP contribution in [0.25, 0.3) is 0 Å². The summed E-state index contributed by atoms with van der Waals surface area (Å²) in [6.45, 7) is 3.47. The van der Waals surface area contributed by atoms with Crippen LogP contribution in [0.2, 0.25) is 0 Å². The minimum Gasteiger partial charge on any atom is -0.467 e. The molecule has 30 heavy (non-hydrogen) atoms. The van der Waals surface area contributed by atoms with Crippen molar-refractivity contribution in [2.75, 3.05) is 7.11 Å². The molecule has 168 valence electrons. The van der Waals surface area contributed by atoms with Crippen molar-refractivity contribution in [2.45, 2.75) is 76.7 Å². The number of methoxy groups -OCH3 is 1. The lowest BCUT2D eigenvalue weighted by atomic mass is 10.0. The Balaban J connectivity index is 2.77. The molecule has 1 rings (SSSR count). The Labute approximate surface area is 178 Å². The molecule has 0 aromatic heterocycles. The third-order valence-corrected chi connectivity index (χ3v) is 4.80. The molecule has 0 saturated heterocycles. The number of amides is 2. The summed E-state index contributed by atoms with van der Waals surface area (Å²) in [4.78, 5) is 37.0. The maximum Gasteiger partial charge on any atom is 0.331 e. The minimum absolute atomic E-state index is 0.243. The molecule has 0 radical (unpaired) electrons. The van der Waals surface area contributed by atoms with Crippen LogP contribution in [-0.4, -0.2) is 53.3 Å². The Hall–Kier alpha value is -2.45. The van der Waals surface area contributed by atoms with Crippen LogP contribution >= 0.6 is 0 Å². The molecule has 0 saturated carbocycles. The second-order valence-electron chi connectivity index (χ2n) is 7.31. The van der Waals surface area contributed by atoms with Crippen LogP contribution < -0.4 is 10.6 Å². The zero-order chi connectivity index (χ0) is 22.5. The predicted octanol–water partition coefficient (Wildman–Crippen LogP) is 1.60. The average Bonchev–Trinajstić information content (AvgIpc) is 2.74. The van der Waals surface area contributed by atoms with Gasteiger partial charge in [-0.05, 0) is 18.9 Å². The number of nitrogens with one attached hydrogen (secondary N) is 2. The van der Waals surface area contributed by atoms with Crippen LogP contribution in [0.1, 0.15) is 64.0 Å². The van der Waals surface area contributed by atoms with E-state index in [9.17, 15) is 24.6 Å². The summed E-state index contributed by atoms with van der Waals surface area (Å²) < 4.78 is 4.70. The molecule has 0 fully saturated rings. The third kappa shape index (κ3) is 8.51. The van der Waals surface area contributed by atoms with Gasteiger partial charge in [-0.15, -0.1) is 0 Å². The van der Waals surface area contributed by atoms with Gasteiger partial charge in [-0.1, -0.05) is 62.9 Å². The van der Waals surface area contributed by atoms with Crippen molar-refractivity contribution in [1.29, 1.82) is 0 Å². The largest absolute Gasteiger partial charge is 0.467 e. The molecule has 8 heteroatoms. The number of rotatable bonds is 13. The summed E-state index contributed by atoms with van der Waals surface area (Å²) >= 11 is 0. The summed E-state index contributed by atoms with van der Waals surface area (Å²) in [5.41, 5.74) is 0.415. The Morgan fingerprint density at radius 1 is 0.967 bits per heavy atom. The Morgan fingerprint density at radius 2 is 1.60 bits per heavy atom. The first-order chi connectivity index (χ1) is 14.3. The number of aliphatic hydroxyl groups is 2. The highest BCUT2D eigenvalue weighted by Crippen LogP contribution is 2.18. The van der Waals surface area contributed by atoms with Crippen molar-refractivity contribution in [1.82, 2.24) is 10.6 Å². The fraction of sp³-hybridized carbons (Fsp3) is 0.591. The summed E-state index contributed by atoms with van der Waals surface area (Å²) in [6.07, 6.45) is 2.56. The molecule has 0 heterocycles. The first-order valence-corrected chi connectivity index (χ1v) is 10.4. The van der Waals surface area contributed by atoms with Gasteiger partial charge in [-0.2, -0.15) is 0 Å². The number of benzene rings is 1. The van der Waals surface area contributed by atoms with Crippen molar-refractivity contribution in [3.8, 4) is 0 Å². The second kappa shape index (κ2) is 13.7. The highest BCUT2D eigenvalue weighted by Gasteiger charge is 2.34. The van der Waals surface area contributed by atoms with Gasteiger partial charge in [0.2, 0.25) is 11.8 Å². The summed E-state index contributed by atoms with van der Waals surface area (Å²) in [6, 6.07) is 5.70. The summed E-state index contributed by atoms with van der Waals surface area (Å²) in [7, 11) is 1.14. The van der Waals surface area contributed by atoms with E-state index in [1.165, 1.54) is 6.92 Å². The molecular weight excluding hydrogens is 388 g/mol. The second-order valence-corrected chi connectivity index (χ2v) is 7.31. The van der Waals surface area contributed by atoms with Crippen molar-refractivity contribution in [3.05, 3.63) is 35.9 Å². The minimum atomic E-state index is -1.39. The Morgan fingerprint density at radius 3 is 2.17 bits per heavy atom. The van der Waals surface area contributed by atoms with E-state index in [0.29, 0.717) is 12.0 Å². The number of esters is 1. The number of hydrogen-bond acceptors (Lipinski definition) is 6. The first kappa shape index (κ1) is 25.6. The van der Waals surface area contributed by atoms with Crippen LogP contribution in [-0.2, 0) is 19.1 Å². The smallest absolute Gasteiger partial charge is 0.331 e. The number of carbonyl (C=O) groups is 3. The van der Waals surface area contributed by atoms with Crippen molar-refractivity contribution < 1.29 is 29.3 Å². The highest BCUT2D eigenvalue weighted by atomic mass is 16.5. The van der Waals surface area contributed by atoms with Gasteiger partial charge in [-0.3, -0.25) is 9.59 Å². The van der Waals surface area contributed by atoms with E-state index in [2.05, 4.69) is 17.6 Å². The first-order valence-electron chi connectivity index (χ1n) is 10.4. The molecule has 0 spiro atoms. The number of ether oxygens (including phenoxy) is 1. The number of aliphatic hydroxyl groups excluding tert-OH is 2. The summed E-state index contributed by atoms with van der Waals surface area (Å²) in [5.74, 6) is -1.98. The van der Waals surface area contributed by atoms with E-state index in [-0.39, 0.29) is 12.3 Å². The van der Waals surface area contributed by atoms with Crippen molar-refractivity contribution in [3.63, 3.8) is 0 Å². The molecule has 4 atom stereocenters. The highest BCUT2D eigenvalue weighted by molar-refractivity contribution is 5.91. The van der Waals surface area contributed by atoms with Gasteiger partial charge in [0.25, 0.3) is 0 Å². The molecule has 0 aliphatic rings. The van der Waals surface area contributed by atoms with Gasteiger partial charge in [-0.25, -0.2) is 4.79 Å². The molecule has 2 amide bonds. The molecular formula is C22H34N2O6. The van der Waals surface area contributed by atoms with Crippen molar-refractivity contribution >= 4 is 17.8 Å². The molecule has 1 aromatic rings.